The molecule has 1 saturated heterocycles. The van der Waals surface area contributed by atoms with Gasteiger partial charge in [0.1, 0.15) is 12.1 Å². The second-order valence-electron chi connectivity index (χ2n) is 5.54. The van der Waals surface area contributed by atoms with E-state index < -0.39 is 0 Å². The molecule has 0 radical (unpaired) electrons. The summed E-state index contributed by atoms with van der Waals surface area (Å²) in [5, 5.41) is 3.53. The number of rotatable bonds is 4. The van der Waals surface area contributed by atoms with Crippen molar-refractivity contribution in [3.8, 4) is 0 Å². The van der Waals surface area contributed by atoms with E-state index in [-0.39, 0.29) is 6.04 Å². The molecule has 1 aliphatic heterocycles. The van der Waals surface area contributed by atoms with Gasteiger partial charge in [-0.2, -0.15) is 0 Å². The van der Waals surface area contributed by atoms with Gasteiger partial charge in [0.15, 0.2) is 0 Å². The van der Waals surface area contributed by atoms with Crippen LogP contribution in [0.4, 0.5) is 5.82 Å². The monoisotopic (exact) mass is 284 g/mol. The minimum absolute atomic E-state index is 0.283. The Balaban J connectivity index is 1.71. The molecule has 1 aliphatic rings. The van der Waals surface area contributed by atoms with Gasteiger partial charge in [0, 0.05) is 29.6 Å². The summed E-state index contributed by atoms with van der Waals surface area (Å²) in [4.78, 5) is 12.6. The van der Waals surface area contributed by atoms with Gasteiger partial charge in [-0.05, 0) is 38.0 Å². The van der Waals surface area contributed by atoms with E-state index in [0.717, 1.165) is 36.7 Å². The van der Waals surface area contributed by atoms with Crippen LogP contribution < -0.4 is 5.32 Å². The first-order valence-electron chi connectivity index (χ1n) is 7.25. The Kier molecular flexibility index (Phi) is 4.10. The molecular weight excluding hydrogens is 264 g/mol. The van der Waals surface area contributed by atoms with E-state index in [9.17, 15) is 0 Å². The van der Waals surface area contributed by atoms with E-state index in [0.29, 0.717) is 5.92 Å². The van der Waals surface area contributed by atoms with E-state index in [2.05, 4.69) is 32.4 Å². The number of hydrogen-bond donors (Lipinski definition) is 1. The van der Waals surface area contributed by atoms with Crippen LogP contribution in [0.1, 0.15) is 16.8 Å². The number of hydrogen-bond acceptors (Lipinski definition) is 5. The van der Waals surface area contributed by atoms with Crippen molar-refractivity contribution in [2.45, 2.75) is 26.3 Å². The molecule has 0 bridgehead atoms. The first kappa shape index (κ1) is 13.9. The summed E-state index contributed by atoms with van der Waals surface area (Å²) < 4.78 is 5.66. The number of nitrogens with zero attached hydrogens (tertiary/aromatic N) is 3. The van der Waals surface area contributed by atoms with Crippen LogP contribution in [0.25, 0.3) is 0 Å². The molecule has 0 aromatic carbocycles. The van der Waals surface area contributed by atoms with Gasteiger partial charge in [0.05, 0.1) is 19.3 Å². The zero-order valence-electron chi connectivity index (χ0n) is 12.4. The summed E-state index contributed by atoms with van der Waals surface area (Å²) in [7, 11) is 0. The van der Waals surface area contributed by atoms with E-state index >= 15 is 0 Å². The van der Waals surface area contributed by atoms with Crippen molar-refractivity contribution < 1.29 is 4.74 Å². The minimum atomic E-state index is 0.283. The highest BCUT2D eigenvalue weighted by Crippen LogP contribution is 2.23. The van der Waals surface area contributed by atoms with Gasteiger partial charge in [-0.3, -0.25) is 4.98 Å². The minimum Gasteiger partial charge on any atom is -0.379 e. The van der Waals surface area contributed by atoms with Crippen molar-refractivity contribution in [3.05, 3.63) is 47.7 Å². The van der Waals surface area contributed by atoms with Crippen LogP contribution in [0.3, 0.4) is 0 Å². The smallest absolute Gasteiger partial charge is 0.132 e. The van der Waals surface area contributed by atoms with Crippen LogP contribution in [0, 0.1) is 19.8 Å². The lowest BCUT2D eigenvalue weighted by Gasteiger charge is -2.21. The van der Waals surface area contributed by atoms with E-state index in [4.69, 9.17) is 4.74 Å². The lowest BCUT2D eigenvalue weighted by atomic mass is 9.95. The third-order valence-electron chi connectivity index (χ3n) is 4.10. The molecule has 1 N–H and O–H groups in total. The second-order valence-corrected chi connectivity index (χ2v) is 5.54. The Morgan fingerprint density at radius 3 is 2.81 bits per heavy atom. The quantitative estimate of drug-likeness (QED) is 0.932. The van der Waals surface area contributed by atoms with Crippen molar-refractivity contribution in [2.75, 3.05) is 18.5 Å². The van der Waals surface area contributed by atoms with Crippen LogP contribution in [0.5, 0.6) is 0 Å². The van der Waals surface area contributed by atoms with Crippen molar-refractivity contribution in [1.82, 2.24) is 15.0 Å². The summed E-state index contributed by atoms with van der Waals surface area (Å²) in [6, 6.07) is 4.41. The number of aryl methyl sites for hydroxylation is 1. The SMILES string of the molecule is Cc1ncnc(N[C@@H]2COC[C@H]2Cc2ccncc2)c1C. The summed E-state index contributed by atoms with van der Waals surface area (Å²) in [6.07, 6.45) is 6.28. The summed E-state index contributed by atoms with van der Waals surface area (Å²) >= 11 is 0. The van der Waals surface area contributed by atoms with E-state index in [1.54, 1.807) is 6.33 Å². The molecule has 5 nitrogen and oxygen atoms in total. The molecule has 0 spiro atoms. The fourth-order valence-electron chi connectivity index (χ4n) is 2.64. The van der Waals surface area contributed by atoms with Crippen molar-refractivity contribution in [3.63, 3.8) is 0 Å². The maximum atomic E-state index is 5.66. The number of pyridine rings is 1. The standard InChI is InChI=1S/C16H20N4O/c1-11-12(2)18-10-19-16(11)20-15-9-21-8-14(15)7-13-3-5-17-6-4-13/h3-6,10,14-15H,7-9H2,1-2H3,(H,18,19,20)/t14-,15-/m1/s1. The highest BCUT2D eigenvalue weighted by atomic mass is 16.5. The predicted molar refractivity (Wildman–Crippen MR) is 81.2 cm³/mol. The first-order chi connectivity index (χ1) is 10.2. The Morgan fingerprint density at radius 2 is 2.00 bits per heavy atom. The Hall–Kier alpha value is -2.01. The van der Waals surface area contributed by atoms with Gasteiger partial charge in [-0.1, -0.05) is 0 Å². The topological polar surface area (TPSA) is 59.9 Å². The fourth-order valence-corrected chi connectivity index (χ4v) is 2.64. The largest absolute Gasteiger partial charge is 0.379 e. The highest BCUT2D eigenvalue weighted by Gasteiger charge is 2.29. The van der Waals surface area contributed by atoms with Crippen LogP contribution >= 0.6 is 0 Å². The van der Waals surface area contributed by atoms with Gasteiger partial charge in [0.2, 0.25) is 0 Å². The number of aromatic nitrogens is 3. The molecule has 0 unspecified atom stereocenters. The molecule has 2 atom stereocenters. The summed E-state index contributed by atoms with van der Waals surface area (Å²) in [5.74, 6) is 1.36. The normalized spacial score (nSPS) is 21.4. The van der Waals surface area contributed by atoms with Gasteiger partial charge in [0.25, 0.3) is 0 Å². The average molecular weight is 284 g/mol. The number of anilines is 1. The molecule has 3 heterocycles. The third-order valence-corrected chi connectivity index (χ3v) is 4.10. The maximum absolute atomic E-state index is 5.66. The second kappa shape index (κ2) is 6.18. The third kappa shape index (κ3) is 3.19. The first-order valence-corrected chi connectivity index (χ1v) is 7.25. The molecule has 2 aromatic heterocycles. The van der Waals surface area contributed by atoms with Gasteiger partial charge < -0.3 is 10.1 Å². The zero-order valence-corrected chi connectivity index (χ0v) is 12.4. The molecule has 0 saturated carbocycles. The number of ether oxygens (including phenoxy) is 1. The summed E-state index contributed by atoms with van der Waals surface area (Å²) in [5.41, 5.74) is 3.41. The highest BCUT2D eigenvalue weighted by molar-refractivity contribution is 5.45. The van der Waals surface area contributed by atoms with Crippen molar-refractivity contribution >= 4 is 5.82 Å². The molecule has 0 amide bonds. The Morgan fingerprint density at radius 1 is 1.19 bits per heavy atom. The molecule has 0 aliphatic carbocycles. The summed E-state index contributed by atoms with van der Waals surface area (Å²) in [6.45, 7) is 5.55. The predicted octanol–water partition coefficient (Wildman–Crippen LogP) is 2.16. The van der Waals surface area contributed by atoms with Crippen LogP contribution in [-0.4, -0.2) is 34.2 Å². The van der Waals surface area contributed by atoms with Gasteiger partial charge in [-0.15, -0.1) is 0 Å². The molecule has 2 aromatic rings. The van der Waals surface area contributed by atoms with Crippen molar-refractivity contribution in [2.24, 2.45) is 5.92 Å². The lowest BCUT2D eigenvalue weighted by Crippen LogP contribution is -2.30. The average Bonchev–Trinajstić information content (AvgIpc) is 2.92. The molecule has 1 fully saturated rings. The Labute approximate surface area is 124 Å². The van der Waals surface area contributed by atoms with Gasteiger partial charge >= 0.3 is 0 Å². The molecule has 21 heavy (non-hydrogen) atoms. The van der Waals surface area contributed by atoms with Gasteiger partial charge in [-0.25, -0.2) is 9.97 Å². The van der Waals surface area contributed by atoms with Crippen molar-refractivity contribution in [1.29, 1.82) is 0 Å². The molecule has 5 heteroatoms. The van der Waals surface area contributed by atoms with E-state index in [1.807, 2.05) is 26.2 Å². The van der Waals surface area contributed by atoms with E-state index in [1.165, 1.54) is 5.56 Å². The van der Waals surface area contributed by atoms with Crippen LogP contribution in [0.2, 0.25) is 0 Å². The van der Waals surface area contributed by atoms with Crippen LogP contribution in [0.15, 0.2) is 30.9 Å². The number of nitrogens with one attached hydrogen (secondary N) is 1. The fraction of sp³-hybridized carbons (Fsp3) is 0.438. The zero-order chi connectivity index (χ0) is 14.7. The lowest BCUT2D eigenvalue weighted by molar-refractivity contribution is 0.185. The molecular formula is C16H20N4O. The Bertz CT molecular complexity index is 602. The molecule has 110 valence electrons. The van der Waals surface area contributed by atoms with Crippen LogP contribution in [-0.2, 0) is 11.2 Å². The maximum Gasteiger partial charge on any atom is 0.132 e. The molecule has 3 rings (SSSR count).